The number of fused-ring (bicyclic) bond motifs is 5. The molecule has 2 heteroatoms. The van der Waals surface area contributed by atoms with Gasteiger partial charge in [-0.2, -0.15) is 0 Å². The van der Waals surface area contributed by atoms with E-state index in [0.717, 1.165) is 30.6 Å². The lowest BCUT2D eigenvalue weighted by Crippen LogP contribution is -2.53. The second kappa shape index (κ2) is 4.73. The van der Waals surface area contributed by atoms with E-state index in [4.69, 9.17) is 11.6 Å². The Hall–Kier alpha value is -0.0400. The maximum absolute atomic E-state index is 12.4. The van der Waals surface area contributed by atoms with Crippen LogP contribution in [-0.4, -0.2) is 11.2 Å². The van der Waals surface area contributed by atoms with Crippen molar-refractivity contribution in [2.75, 3.05) is 0 Å². The number of alkyl halides is 1. The van der Waals surface area contributed by atoms with E-state index >= 15 is 0 Å². The molecule has 0 radical (unpaired) electrons. The molecule has 0 N–H and O–H groups in total. The number of ketones is 1. The van der Waals surface area contributed by atoms with Gasteiger partial charge in [-0.15, -0.1) is 11.6 Å². The van der Waals surface area contributed by atoms with Crippen molar-refractivity contribution >= 4 is 17.4 Å². The molecule has 4 aliphatic carbocycles. The summed E-state index contributed by atoms with van der Waals surface area (Å²) in [7, 11) is 0. The highest BCUT2D eigenvalue weighted by Gasteiger charge is 2.60. The molecule has 118 valence electrons. The smallest absolute Gasteiger partial charge is 0.139 e. The van der Waals surface area contributed by atoms with E-state index in [1.807, 2.05) is 0 Å². The predicted octanol–water partition coefficient (Wildman–Crippen LogP) is 5.21. The van der Waals surface area contributed by atoms with E-state index in [1.165, 1.54) is 44.9 Å². The third-order valence-electron chi connectivity index (χ3n) is 8.31. The summed E-state index contributed by atoms with van der Waals surface area (Å²) >= 11 is 6.46. The summed E-state index contributed by atoms with van der Waals surface area (Å²) in [5.41, 5.74) is 0.551. The lowest BCUT2D eigenvalue weighted by Gasteiger charge is -2.60. The Labute approximate surface area is 134 Å². The minimum absolute atomic E-state index is 0.0358. The number of Topliss-reactive ketones (excluding diaryl/α,β-unsaturated/α-hetero) is 1. The van der Waals surface area contributed by atoms with Gasteiger partial charge in [0.1, 0.15) is 5.78 Å². The number of halogens is 1. The highest BCUT2D eigenvalue weighted by atomic mass is 35.5. The van der Waals surface area contributed by atoms with Crippen LogP contribution in [0.4, 0.5) is 0 Å². The zero-order valence-electron chi connectivity index (χ0n) is 13.5. The molecule has 4 aliphatic rings. The number of hydrogen-bond donors (Lipinski definition) is 0. The number of carbonyl (C=O) groups excluding carboxylic acids is 1. The number of hydrogen-bond acceptors (Lipinski definition) is 1. The average molecular weight is 309 g/mol. The fourth-order valence-electron chi connectivity index (χ4n) is 6.98. The van der Waals surface area contributed by atoms with Crippen LogP contribution in [0.15, 0.2) is 0 Å². The van der Waals surface area contributed by atoms with Gasteiger partial charge in [0.15, 0.2) is 0 Å². The molecule has 7 atom stereocenters. The summed E-state index contributed by atoms with van der Waals surface area (Å²) in [6, 6.07) is 0. The van der Waals surface area contributed by atoms with E-state index in [2.05, 4.69) is 13.8 Å². The maximum Gasteiger partial charge on any atom is 0.139 e. The van der Waals surface area contributed by atoms with Crippen LogP contribution in [0.2, 0.25) is 0 Å². The minimum Gasteiger partial charge on any atom is -0.299 e. The van der Waals surface area contributed by atoms with E-state index < -0.39 is 0 Å². The van der Waals surface area contributed by atoms with Crippen molar-refractivity contribution in [3.8, 4) is 0 Å². The van der Waals surface area contributed by atoms with Crippen LogP contribution in [-0.2, 0) is 4.79 Å². The van der Waals surface area contributed by atoms with Crippen molar-refractivity contribution in [2.45, 2.75) is 77.0 Å². The Bertz CT molecular complexity index is 460. The fourth-order valence-corrected chi connectivity index (χ4v) is 7.30. The van der Waals surface area contributed by atoms with Crippen LogP contribution in [0.1, 0.15) is 71.6 Å². The fraction of sp³-hybridized carbons (Fsp3) is 0.947. The van der Waals surface area contributed by atoms with Crippen LogP contribution in [0.5, 0.6) is 0 Å². The standard InChI is InChI=1S/C19H29ClO/c1-18-9-7-13(20)11-12(18)3-4-14-15-5-6-17(21)19(15,2)10-8-16(14)18/h12-16H,3-11H2,1-2H3/t12-,13-,14-,15-,16-,18-,19-/m0/s1. The molecule has 0 aromatic rings. The van der Waals surface area contributed by atoms with Crippen LogP contribution in [0.3, 0.4) is 0 Å². The van der Waals surface area contributed by atoms with Crippen LogP contribution in [0, 0.1) is 34.5 Å². The molecule has 0 spiro atoms. The second-order valence-corrected chi connectivity index (χ2v) is 9.56. The molecule has 4 fully saturated rings. The maximum atomic E-state index is 12.4. The summed E-state index contributed by atoms with van der Waals surface area (Å²) in [5, 5.41) is 0.418. The third-order valence-corrected chi connectivity index (χ3v) is 8.71. The Morgan fingerprint density at radius 2 is 1.81 bits per heavy atom. The quantitative estimate of drug-likeness (QED) is 0.562. The van der Waals surface area contributed by atoms with Gasteiger partial charge in [0.2, 0.25) is 0 Å². The zero-order valence-corrected chi connectivity index (χ0v) is 14.3. The zero-order chi connectivity index (χ0) is 14.8. The lowest BCUT2D eigenvalue weighted by atomic mass is 9.45. The molecule has 0 bridgehead atoms. The van der Waals surface area contributed by atoms with Gasteiger partial charge in [-0.3, -0.25) is 4.79 Å². The van der Waals surface area contributed by atoms with Crippen molar-refractivity contribution < 1.29 is 4.79 Å². The molecule has 0 amide bonds. The number of carbonyl (C=O) groups is 1. The molecule has 0 aliphatic heterocycles. The van der Waals surface area contributed by atoms with Crippen molar-refractivity contribution in [1.82, 2.24) is 0 Å². The Morgan fingerprint density at radius 1 is 1.00 bits per heavy atom. The topological polar surface area (TPSA) is 17.1 Å². The molecule has 0 heterocycles. The summed E-state index contributed by atoms with van der Waals surface area (Å²) in [4.78, 5) is 12.4. The van der Waals surface area contributed by atoms with Crippen molar-refractivity contribution in [2.24, 2.45) is 34.5 Å². The molecule has 0 aromatic heterocycles. The Morgan fingerprint density at radius 3 is 2.62 bits per heavy atom. The first-order valence-electron chi connectivity index (χ1n) is 9.12. The summed E-state index contributed by atoms with van der Waals surface area (Å²) in [6.45, 7) is 4.85. The Balaban J connectivity index is 1.64. The molecule has 0 unspecified atom stereocenters. The summed E-state index contributed by atoms with van der Waals surface area (Å²) < 4.78 is 0. The molecule has 21 heavy (non-hydrogen) atoms. The van der Waals surface area contributed by atoms with Gasteiger partial charge < -0.3 is 0 Å². The molecular weight excluding hydrogens is 280 g/mol. The SMILES string of the molecule is C[C@]12CC[C@H](Cl)C[C@@H]1CC[C@@H]1[C@@H]2CC[C@]2(C)C(=O)CC[C@@H]12. The average Bonchev–Trinajstić information content (AvgIpc) is 2.76. The normalized spacial score (nSPS) is 56.5. The summed E-state index contributed by atoms with van der Waals surface area (Å²) in [5.74, 6) is 3.79. The Kier molecular flexibility index (Phi) is 3.27. The lowest BCUT2D eigenvalue weighted by molar-refractivity contribution is -0.138. The molecule has 1 nitrogen and oxygen atoms in total. The van der Waals surface area contributed by atoms with Crippen LogP contribution < -0.4 is 0 Å². The third kappa shape index (κ3) is 1.92. The first-order chi connectivity index (χ1) is 9.95. The first kappa shape index (κ1) is 14.5. The van der Waals surface area contributed by atoms with E-state index in [9.17, 15) is 4.79 Å². The van der Waals surface area contributed by atoms with Gasteiger partial charge in [-0.05, 0) is 80.5 Å². The predicted molar refractivity (Wildman–Crippen MR) is 86.4 cm³/mol. The van der Waals surface area contributed by atoms with Gasteiger partial charge >= 0.3 is 0 Å². The largest absolute Gasteiger partial charge is 0.299 e. The minimum atomic E-state index is 0.0358. The molecular formula is C19H29ClO. The molecule has 4 rings (SSSR count). The first-order valence-corrected chi connectivity index (χ1v) is 9.56. The van der Waals surface area contributed by atoms with Gasteiger partial charge in [0, 0.05) is 17.2 Å². The van der Waals surface area contributed by atoms with Crippen LogP contribution >= 0.6 is 11.6 Å². The van der Waals surface area contributed by atoms with Crippen molar-refractivity contribution in [1.29, 1.82) is 0 Å². The highest BCUT2D eigenvalue weighted by Crippen LogP contribution is 2.65. The van der Waals surface area contributed by atoms with Crippen LogP contribution in [0.25, 0.3) is 0 Å². The molecule has 0 saturated heterocycles. The van der Waals surface area contributed by atoms with Crippen molar-refractivity contribution in [3.63, 3.8) is 0 Å². The van der Waals surface area contributed by atoms with E-state index in [0.29, 0.717) is 22.5 Å². The van der Waals surface area contributed by atoms with Gasteiger partial charge in [0.05, 0.1) is 0 Å². The second-order valence-electron chi connectivity index (χ2n) is 8.95. The number of rotatable bonds is 0. The highest BCUT2D eigenvalue weighted by molar-refractivity contribution is 6.20. The van der Waals surface area contributed by atoms with Gasteiger partial charge in [-0.25, -0.2) is 0 Å². The van der Waals surface area contributed by atoms with Gasteiger partial charge in [0.25, 0.3) is 0 Å². The van der Waals surface area contributed by atoms with Crippen molar-refractivity contribution in [3.05, 3.63) is 0 Å². The summed E-state index contributed by atoms with van der Waals surface area (Å²) in [6.07, 6.45) is 11.0. The monoisotopic (exact) mass is 308 g/mol. The molecule has 0 aromatic carbocycles. The van der Waals surface area contributed by atoms with Gasteiger partial charge in [-0.1, -0.05) is 13.8 Å². The van der Waals surface area contributed by atoms with E-state index in [1.54, 1.807) is 0 Å². The van der Waals surface area contributed by atoms with E-state index in [-0.39, 0.29) is 5.41 Å². The molecule has 4 saturated carbocycles.